The molecule has 6 N–H and O–H groups in total. The van der Waals surface area contributed by atoms with Crippen LogP contribution < -0.4 is 11.5 Å². The number of benzene rings is 2. The quantitative estimate of drug-likeness (QED) is 0.100. The first-order chi connectivity index (χ1) is 27.8. The zero-order chi connectivity index (χ0) is 43.7. The first kappa shape index (κ1) is 50.1. The van der Waals surface area contributed by atoms with Gasteiger partial charge in [0.1, 0.15) is 11.4 Å². The number of hydrogen-bond acceptors (Lipinski definition) is 16. The van der Waals surface area contributed by atoms with Crippen LogP contribution in [0.5, 0.6) is 0 Å². The minimum atomic E-state index is -1.64. The number of aliphatic hydroxyl groups is 2. The van der Waals surface area contributed by atoms with Crippen LogP contribution in [0.25, 0.3) is 22.5 Å². The molecule has 0 aliphatic carbocycles. The monoisotopic (exact) mass is 904 g/mol. The molecular formula is C42H43BrF2N8O8. The molecule has 0 bridgehead atoms. The second-order valence-electron chi connectivity index (χ2n) is 12.4. The number of nitrogens with zero attached hydrogens (tertiary/aromatic N) is 6. The average molecular weight is 906 g/mol. The maximum atomic E-state index is 14.4. The number of anilines is 2. The smallest absolute Gasteiger partial charge is 0.358 e. The van der Waals surface area contributed by atoms with Gasteiger partial charge in [0.2, 0.25) is 23.4 Å². The van der Waals surface area contributed by atoms with Crippen molar-refractivity contribution in [3.63, 3.8) is 0 Å². The SMILES string of the molecule is C.C.C#C[C@@](C)(O)c1noc(C)n1.COC(=O)c1nc(-c2cccc(Br)c2)c(F)cc1N.COC(=O)c1nc(-c2cccc(C#C[C@@](C)(O)c3noc(C)n3)c2)c(F)cc1N. The summed E-state index contributed by atoms with van der Waals surface area (Å²) in [5.74, 6) is 5.67. The van der Waals surface area contributed by atoms with Crippen molar-refractivity contribution < 1.29 is 47.1 Å². The predicted molar refractivity (Wildman–Crippen MR) is 225 cm³/mol. The van der Waals surface area contributed by atoms with Gasteiger partial charge in [-0.1, -0.05) is 83.1 Å². The van der Waals surface area contributed by atoms with Gasteiger partial charge in [0, 0.05) is 47.1 Å². The van der Waals surface area contributed by atoms with Crippen LogP contribution in [0.3, 0.4) is 0 Å². The van der Waals surface area contributed by atoms with E-state index in [1.54, 1.807) is 62.4 Å². The van der Waals surface area contributed by atoms with E-state index in [0.29, 0.717) is 28.5 Å². The van der Waals surface area contributed by atoms with Crippen LogP contribution in [0.15, 0.2) is 74.2 Å². The Morgan fingerprint density at radius 1 is 0.754 bits per heavy atom. The van der Waals surface area contributed by atoms with Crippen molar-refractivity contribution in [1.82, 2.24) is 30.2 Å². The van der Waals surface area contributed by atoms with E-state index >= 15 is 0 Å². The van der Waals surface area contributed by atoms with Gasteiger partial charge in [-0.15, -0.1) is 6.42 Å². The minimum Gasteiger partial charge on any atom is -0.464 e. The van der Waals surface area contributed by atoms with E-state index in [-0.39, 0.29) is 60.7 Å². The highest BCUT2D eigenvalue weighted by atomic mass is 79.9. The molecule has 0 unspecified atom stereocenters. The van der Waals surface area contributed by atoms with Crippen LogP contribution in [-0.4, -0.2) is 66.6 Å². The fourth-order valence-electron chi connectivity index (χ4n) is 4.62. The van der Waals surface area contributed by atoms with Gasteiger partial charge in [0.15, 0.2) is 34.2 Å². The standard InChI is InChI=1S/C20H17FN4O4.C13H10BrFN2O2.C7H8N2O2.2CH4/c1-11-23-19(25-29-11)20(2,27)8-7-12-5-4-6-13(9-12)16-14(21)10-15(22)17(24-16)18(26)28-3;1-19-13(18)12-10(16)6-9(15)11(17-12)7-3-2-4-8(14)5-7;1-4-7(3,10)6-8-5(2)11-9-6;;/h4-6,9-10,27H,22H2,1-3H3;2-6H,16H2,1H3;1,10H,2-3H3;2*1H4/t20-;;7-;;/m1.1../s1. The Bertz CT molecular complexity index is 2610. The maximum absolute atomic E-state index is 14.4. The van der Waals surface area contributed by atoms with Crippen molar-refractivity contribution in [3.8, 4) is 46.7 Å². The van der Waals surface area contributed by atoms with Gasteiger partial charge < -0.3 is 40.2 Å². The molecular weight excluding hydrogens is 862 g/mol. The molecule has 320 valence electrons. The summed E-state index contributed by atoms with van der Waals surface area (Å²) in [5, 5.41) is 27.0. The number of halogens is 3. The lowest BCUT2D eigenvalue weighted by Crippen LogP contribution is -2.20. The summed E-state index contributed by atoms with van der Waals surface area (Å²) in [4.78, 5) is 39.0. The third-order valence-corrected chi connectivity index (χ3v) is 8.15. The van der Waals surface area contributed by atoms with Crippen molar-refractivity contribution in [1.29, 1.82) is 0 Å². The summed E-state index contributed by atoms with van der Waals surface area (Å²) in [6, 6.07) is 15.5. The molecule has 61 heavy (non-hydrogen) atoms. The summed E-state index contributed by atoms with van der Waals surface area (Å²) in [6.45, 7) is 6.08. The fourth-order valence-corrected chi connectivity index (χ4v) is 5.02. The van der Waals surface area contributed by atoms with Crippen LogP contribution in [0, 0.1) is 49.7 Å². The Morgan fingerprint density at radius 2 is 1.20 bits per heavy atom. The third kappa shape index (κ3) is 12.7. The summed E-state index contributed by atoms with van der Waals surface area (Å²) < 4.78 is 47.8. The van der Waals surface area contributed by atoms with Gasteiger partial charge in [-0.25, -0.2) is 28.3 Å². The fraction of sp³-hybridized carbons (Fsp3) is 0.238. The summed E-state index contributed by atoms with van der Waals surface area (Å²) in [6.07, 6.45) is 5.03. The summed E-state index contributed by atoms with van der Waals surface area (Å²) in [5.41, 5.74) is 9.04. The van der Waals surface area contributed by atoms with E-state index in [9.17, 15) is 28.6 Å². The molecule has 0 fully saturated rings. The molecule has 0 aliphatic rings. The third-order valence-electron chi connectivity index (χ3n) is 7.66. The first-order valence-electron chi connectivity index (χ1n) is 16.8. The van der Waals surface area contributed by atoms with Gasteiger partial charge in [-0.05, 0) is 38.1 Å². The number of methoxy groups -OCH3 is 2. The van der Waals surface area contributed by atoms with Gasteiger partial charge in [-0.2, -0.15) is 9.97 Å². The number of nitrogens with two attached hydrogens (primary N) is 2. The Balaban J connectivity index is 0.000000344. The van der Waals surface area contributed by atoms with E-state index in [1.807, 2.05) is 0 Å². The lowest BCUT2D eigenvalue weighted by molar-refractivity contribution is 0.0586. The molecule has 2 atom stereocenters. The molecule has 0 saturated carbocycles. The number of ether oxygens (including phenoxy) is 2. The highest BCUT2D eigenvalue weighted by Crippen LogP contribution is 2.28. The number of terminal acetylenes is 1. The molecule has 0 aliphatic heterocycles. The largest absolute Gasteiger partial charge is 0.464 e. The number of hydrogen-bond donors (Lipinski definition) is 4. The number of esters is 2. The van der Waals surface area contributed by atoms with Crippen LogP contribution in [-0.2, 0) is 20.7 Å². The van der Waals surface area contributed by atoms with E-state index in [4.69, 9.17) is 22.4 Å². The van der Waals surface area contributed by atoms with E-state index in [2.05, 4.69) is 77.9 Å². The number of nitrogen functional groups attached to an aromatic ring is 2. The molecule has 4 aromatic heterocycles. The average Bonchev–Trinajstić information content (AvgIpc) is 3.86. The maximum Gasteiger partial charge on any atom is 0.358 e. The molecule has 2 aromatic carbocycles. The minimum absolute atomic E-state index is 0. The molecule has 19 heteroatoms. The first-order valence-corrected chi connectivity index (χ1v) is 17.6. The van der Waals surface area contributed by atoms with Crippen LogP contribution in [0.2, 0.25) is 0 Å². The van der Waals surface area contributed by atoms with Crippen LogP contribution in [0.1, 0.15) is 78.7 Å². The second kappa shape index (κ2) is 21.3. The topological polar surface area (TPSA) is 249 Å². The second-order valence-corrected chi connectivity index (χ2v) is 13.3. The molecule has 6 aromatic rings. The molecule has 0 spiro atoms. The van der Waals surface area contributed by atoms with Gasteiger partial charge in [0.25, 0.3) is 0 Å². The highest BCUT2D eigenvalue weighted by Gasteiger charge is 2.27. The van der Waals surface area contributed by atoms with E-state index < -0.39 is 34.8 Å². The Morgan fingerprint density at radius 3 is 1.61 bits per heavy atom. The number of aryl methyl sites for hydroxylation is 2. The summed E-state index contributed by atoms with van der Waals surface area (Å²) in [7, 11) is 2.39. The van der Waals surface area contributed by atoms with Crippen molar-refractivity contribution >= 4 is 39.2 Å². The molecule has 0 saturated heterocycles. The number of pyridine rings is 2. The van der Waals surface area contributed by atoms with Crippen molar-refractivity contribution in [2.24, 2.45) is 0 Å². The van der Waals surface area contributed by atoms with E-state index in [1.165, 1.54) is 28.1 Å². The predicted octanol–water partition coefficient (Wildman–Crippen LogP) is 6.72. The van der Waals surface area contributed by atoms with Gasteiger partial charge in [-0.3, -0.25) is 0 Å². The number of aromatic nitrogens is 6. The summed E-state index contributed by atoms with van der Waals surface area (Å²) >= 11 is 3.29. The van der Waals surface area contributed by atoms with Gasteiger partial charge in [0.05, 0.1) is 25.6 Å². The highest BCUT2D eigenvalue weighted by molar-refractivity contribution is 9.10. The van der Waals surface area contributed by atoms with Crippen molar-refractivity contribution in [2.45, 2.75) is 53.8 Å². The lowest BCUT2D eigenvalue weighted by Gasteiger charge is -2.10. The zero-order valence-corrected chi connectivity index (χ0v) is 33.8. The van der Waals surface area contributed by atoms with Gasteiger partial charge >= 0.3 is 11.9 Å². The Labute approximate surface area is 358 Å². The number of carbonyl (C=O) groups excluding carboxylic acids is 2. The molecule has 4 heterocycles. The normalized spacial score (nSPS) is 12.0. The van der Waals surface area contributed by atoms with Crippen molar-refractivity contribution in [3.05, 3.63) is 117 Å². The van der Waals surface area contributed by atoms with Crippen LogP contribution in [0.4, 0.5) is 20.2 Å². The molecule has 16 nitrogen and oxygen atoms in total. The molecule has 6 rings (SSSR count). The molecule has 0 radical (unpaired) electrons. The number of carbonyl (C=O) groups is 2. The molecule has 0 amide bonds. The van der Waals surface area contributed by atoms with Crippen LogP contribution >= 0.6 is 15.9 Å². The lowest BCUT2D eigenvalue weighted by atomic mass is 10.0. The Kier molecular flexibility index (Phi) is 17.5. The number of rotatable bonds is 6. The Hall–Kier alpha value is -7.06. The van der Waals surface area contributed by atoms with Crippen molar-refractivity contribution in [2.75, 3.05) is 25.7 Å². The van der Waals surface area contributed by atoms with E-state index in [0.717, 1.165) is 16.6 Å². The zero-order valence-electron chi connectivity index (χ0n) is 32.2.